The summed E-state index contributed by atoms with van der Waals surface area (Å²) in [5.41, 5.74) is 8.00. The molecule has 0 radical (unpaired) electrons. The van der Waals surface area contributed by atoms with Crippen LogP contribution < -0.4 is 10.6 Å². The molecular formula is C15H17FN4. The van der Waals surface area contributed by atoms with Gasteiger partial charge in [0.05, 0.1) is 23.5 Å². The maximum atomic E-state index is 13.8. The van der Waals surface area contributed by atoms with Crippen LogP contribution in [0.4, 0.5) is 10.1 Å². The predicted octanol–water partition coefficient (Wildman–Crippen LogP) is 2.45. The fourth-order valence-corrected chi connectivity index (χ4v) is 2.11. The number of aryl methyl sites for hydroxylation is 1. The van der Waals surface area contributed by atoms with Gasteiger partial charge in [-0.1, -0.05) is 12.1 Å². The molecule has 0 saturated heterocycles. The minimum Gasteiger partial charge on any atom is -0.384 e. The summed E-state index contributed by atoms with van der Waals surface area (Å²) in [5.74, 6) is -0.763. The molecule has 5 heteroatoms. The van der Waals surface area contributed by atoms with Gasteiger partial charge in [-0.3, -0.25) is 10.4 Å². The molecule has 0 atom stereocenters. The Kier molecular flexibility index (Phi) is 3.98. The third-order valence-corrected chi connectivity index (χ3v) is 3.02. The Morgan fingerprint density at radius 2 is 2.00 bits per heavy atom. The van der Waals surface area contributed by atoms with Crippen molar-refractivity contribution in [2.75, 3.05) is 11.9 Å². The van der Waals surface area contributed by atoms with E-state index in [9.17, 15) is 4.39 Å². The molecule has 1 heterocycles. The summed E-state index contributed by atoms with van der Waals surface area (Å²) in [7, 11) is 1.82. The number of benzene rings is 1. The zero-order valence-corrected chi connectivity index (χ0v) is 11.5. The van der Waals surface area contributed by atoms with Crippen LogP contribution in [0.25, 0.3) is 0 Å². The topological polar surface area (TPSA) is 66.0 Å². The summed E-state index contributed by atoms with van der Waals surface area (Å²) in [5, 5.41) is 7.52. The summed E-state index contributed by atoms with van der Waals surface area (Å²) in [6.07, 6.45) is 0. The van der Waals surface area contributed by atoms with E-state index in [4.69, 9.17) is 11.1 Å². The quantitative estimate of drug-likeness (QED) is 0.663. The van der Waals surface area contributed by atoms with E-state index in [1.165, 1.54) is 6.07 Å². The number of amidine groups is 1. The molecule has 0 aliphatic rings. The molecule has 20 heavy (non-hydrogen) atoms. The van der Waals surface area contributed by atoms with Gasteiger partial charge in [-0.05, 0) is 31.2 Å². The van der Waals surface area contributed by atoms with Crippen LogP contribution in [0.5, 0.6) is 0 Å². The summed E-state index contributed by atoms with van der Waals surface area (Å²) >= 11 is 0. The Labute approximate surface area is 117 Å². The molecule has 104 valence electrons. The van der Waals surface area contributed by atoms with Gasteiger partial charge in [0.1, 0.15) is 11.7 Å². The lowest BCUT2D eigenvalue weighted by Gasteiger charge is -2.22. The number of hydrogen-bond donors (Lipinski definition) is 2. The van der Waals surface area contributed by atoms with Crippen molar-refractivity contribution in [2.45, 2.75) is 13.5 Å². The zero-order valence-electron chi connectivity index (χ0n) is 11.5. The van der Waals surface area contributed by atoms with Crippen molar-refractivity contribution in [3.63, 3.8) is 0 Å². The lowest BCUT2D eigenvalue weighted by molar-refractivity contribution is 0.624. The maximum absolute atomic E-state index is 13.8. The maximum Gasteiger partial charge on any atom is 0.136 e. The number of aromatic nitrogens is 1. The molecule has 4 nitrogen and oxygen atoms in total. The van der Waals surface area contributed by atoms with Gasteiger partial charge < -0.3 is 10.6 Å². The number of halogens is 1. The van der Waals surface area contributed by atoms with Crippen molar-refractivity contribution >= 4 is 11.5 Å². The Bertz CT molecular complexity index is 640. The molecule has 0 spiro atoms. The van der Waals surface area contributed by atoms with E-state index >= 15 is 0 Å². The normalized spacial score (nSPS) is 10.3. The van der Waals surface area contributed by atoms with E-state index in [-0.39, 0.29) is 11.4 Å². The first kappa shape index (κ1) is 14.0. The van der Waals surface area contributed by atoms with Crippen molar-refractivity contribution in [1.82, 2.24) is 4.98 Å². The number of pyridine rings is 1. The lowest BCUT2D eigenvalue weighted by Crippen LogP contribution is -2.23. The van der Waals surface area contributed by atoms with Gasteiger partial charge in [-0.25, -0.2) is 4.39 Å². The van der Waals surface area contributed by atoms with Crippen LogP contribution in [0, 0.1) is 18.2 Å². The third kappa shape index (κ3) is 2.93. The molecule has 0 fully saturated rings. The fraction of sp³-hybridized carbons (Fsp3) is 0.200. The SMILES string of the molecule is Cc1cccc(CN(C)c2cccc(F)c2C(=N)N)n1. The minimum atomic E-state index is -0.487. The highest BCUT2D eigenvalue weighted by Gasteiger charge is 2.15. The first-order valence-electron chi connectivity index (χ1n) is 6.25. The van der Waals surface area contributed by atoms with Crippen molar-refractivity contribution in [3.05, 3.63) is 59.2 Å². The molecule has 1 aromatic carbocycles. The van der Waals surface area contributed by atoms with Crippen LogP contribution in [0.1, 0.15) is 17.0 Å². The third-order valence-electron chi connectivity index (χ3n) is 3.02. The number of rotatable bonds is 4. The summed E-state index contributed by atoms with van der Waals surface area (Å²) in [4.78, 5) is 6.25. The Morgan fingerprint density at radius 1 is 1.30 bits per heavy atom. The molecule has 0 aliphatic carbocycles. The number of anilines is 1. The van der Waals surface area contributed by atoms with E-state index in [1.807, 2.05) is 37.1 Å². The van der Waals surface area contributed by atoms with E-state index < -0.39 is 5.82 Å². The van der Waals surface area contributed by atoms with Gasteiger partial charge in [-0.2, -0.15) is 0 Å². The van der Waals surface area contributed by atoms with Crippen molar-refractivity contribution in [3.8, 4) is 0 Å². The smallest absolute Gasteiger partial charge is 0.136 e. The van der Waals surface area contributed by atoms with Crippen molar-refractivity contribution < 1.29 is 4.39 Å². The Morgan fingerprint density at radius 3 is 2.65 bits per heavy atom. The highest BCUT2D eigenvalue weighted by molar-refractivity contribution is 6.00. The largest absolute Gasteiger partial charge is 0.384 e. The van der Waals surface area contributed by atoms with Gasteiger partial charge in [0.25, 0.3) is 0 Å². The molecule has 0 saturated carbocycles. The van der Waals surface area contributed by atoms with Crippen LogP contribution in [-0.2, 0) is 6.54 Å². The van der Waals surface area contributed by atoms with Gasteiger partial charge in [0.2, 0.25) is 0 Å². The van der Waals surface area contributed by atoms with Crippen LogP contribution in [0.3, 0.4) is 0 Å². The number of nitrogen functional groups attached to an aromatic ring is 1. The number of hydrogen-bond acceptors (Lipinski definition) is 3. The molecule has 2 aromatic rings. The molecule has 0 aliphatic heterocycles. The van der Waals surface area contributed by atoms with Crippen LogP contribution in [0.15, 0.2) is 36.4 Å². The van der Waals surface area contributed by atoms with Gasteiger partial charge in [0, 0.05) is 12.7 Å². The van der Waals surface area contributed by atoms with E-state index in [0.717, 1.165) is 11.4 Å². The van der Waals surface area contributed by atoms with E-state index in [1.54, 1.807) is 12.1 Å². The first-order chi connectivity index (χ1) is 9.49. The van der Waals surface area contributed by atoms with Crippen molar-refractivity contribution in [1.29, 1.82) is 5.41 Å². The summed E-state index contributed by atoms with van der Waals surface area (Å²) < 4.78 is 13.8. The second-order valence-electron chi connectivity index (χ2n) is 4.67. The Hall–Kier alpha value is -2.43. The monoisotopic (exact) mass is 272 g/mol. The first-order valence-corrected chi connectivity index (χ1v) is 6.25. The van der Waals surface area contributed by atoms with Crippen molar-refractivity contribution in [2.24, 2.45) is 5.73 Å². The lowest BCUT2D eigenvalue weighted by atomic mass is 10.1. The number of nitrogens with one attached hydrogen (secondary N) is 1. The molecular weight excluding hydrogens is 255 g/mol. The van der Waals surface area contributed by atoms with Gasteiger partial charge in [0.15, 0.2) is 0 Å². The summed E-state index contributed by atoms with van der Waals surface area (Å²) in [6, 6.07) is 10.4. The fourth-order valence-electron chi connectivity index (χ4n) is 2.11. The zero-order chi connectivity index (χ0) is 14.7. The highest BCUT2D eigenvalue weighted by atomic mass is 19.1. The summed E-state index contributed by atoms with van der Waals surface area (Å²) in [6.45, 7) is 2.44. The average Bonchev–Trinajstić information content (AvgIpc) is 2.37. The minimum absolute atomic E-state index is 0.127. The highest BCUT2D eigenvalue weighted by Crippen LogP contribution is 2.23. The van der Waals surface area contributed by atoms with E-state index in [0.29, 0.717) is 12.2 Å². The Balaban J connectivity index is 2.32. The number of nitrogens with zero attached hydrogens (tertiary/aromatic N) is 2. The average molecular weight is 272 g/mol. The number of nitrogens with two attached hydrogens (primary N) is 1. The molecule has 2 rings (SSSR count). The standard InChI is InChI=1S/C15H17FN4/c1-10-5-3-6-11(19-10)9-20(2)13-8-4-7-12(16)14(13)15(17)18/h3-8H,9H2,1-2H3,(H3,17,18). The van der Waals surface area contributed by atoms with Crippen LogP contribution in [0.2, 0.25) is 0 Å². The second kappa shape index (κ2) is 5.69. The molecule has 1 aromatic heterocycles. The molecule has 0 amide bonds. The van der Waals surface area contributed by atoms with E-state index in [2.05, 4.69) is 4.98 Å². The molecule has 0 unspecified atom stereocenters. The van der Waals surface area contributed by atoms with Crippen LogP contribution >= 0.6 is 0 Å². The molecule has 0 bridgehead atoms. The predicted molar refractivity (Wildman–Crippen MR) is 78.5 cm³/mol. The molecule has 3 N–H and O–H groups in total. The van der Waals surface area contributed by atoms with Gasteiger partial charge in [-0.15, -0.1) is 0 Å². The van der Waals surface area contributed by atoms with Crippen LogP contribution in [-0.4, -0.2) is 17.9 Å². The van der Waals surface area contributed by atoms with Gasteiger partial charge >= 0.3 is 0 Å². The second-order valence-corrected chi connectivity index (χ2v) is 4.67.